The molecule has 4 nitrogen and oxygen atoms in total. The van der Waals surface area contributed by atoms with E-state index in [0.29, 0.717) is 11.5 Å². The van der Waals surface area contributed by atoms with Gasteiger partial charge in [0.15, 0.2) is 5.82 Å². The maximum Gasteiger partial charge on any atom is 0.213 e. The van der Waals surface area contributed by atoms with E-state index in [2.05, 4.69) is 29.3 Å². The van der Waals surface area contributed by atoms with Crippen LogP contribution < -0.4 is 5.32 Å². The Balaban J connectivity index is 1.76. The number of hydrogen-bond donors (Lipinski definition) is 1. The lowest BCUT2D eigenvalue weighted by Crippen LogP contribution is -2.44. The molecule has 90 valence electrons. The Kier molecular flexibility index (Phi) is 3.59. The van der Waals surface area contributed by atoms with Crippen LogP contribution in [-0.2, 0) is 6.42 Å². The molecule has 1 atom stereocenters. The van der Waals surface area contributed by atoms with Crippen LogP contribution in [-0.4, -0.2) is 22.7 Å². The van der Waals surface area contributed by atoms with Crippen molar-refractivity contribution in [2.75, 3.05) is 6.54 Å². The standard InChI is InChI=1S/C12H21N3O/c1-12(2)7-4-3-5-10(12)13-8-6-11-14-9-16-15-11/h9-10,13H,3-8H2,1-2H3. The van der Waals surface area contributed by atoms with E-state index >= 15 is 0 Å². The zero-order chi connectivity index (χ0) is 11.4. The topological polar surface area (TPSA) is 51.0 Å². The number of hydrogen-bond acceptors (Lipinski definition) is 4. The van der Waals surface area contributed by atoms with E-state index in [1.54, 1.807) is 0 Å². The number of nitrogens with zero attached hydrogens (tertiary/aromatic N) is 2. The van der Waals surface area contributed by atoms with Crippen molar-refractivity contribution >= 4 is 0 Å². The summed E-state index contributed by atoms with van der Waals surface area (Å²) in [5.41, 5.74) is 0.426. The van der Waals surface area contributed by atoms with Crippen LogP contribution >= 0.6 is 0 Å². The molecule has 0 radical (unpaired) electrons. The third-order valence-electron chi connectivity index (χ3n) is 3.65. The lowest BCUT2D eigenvalue weighted by molar-refractivity contribution is 0.168. The Bertz CT molecular complexity index is 308. The second-order valence-corrected chi connectivity index (χ2v) is 5.34. The van der Waals surface area contributed by atoms with Crippen LogP contribution in [0.2, 0.25) is 0 Å². The largest absolute Gasteiger partial charge is 0.343 e. The van der Waals surface area contributed by atoms with Crippen LogP contribution in [0, 0.1) is 5.41 Å². The average molecular weight is 223 g/mol. The number of aromatic nitrogens is 2. The van der Waals surface area contributed by atoms with Crippen molar-refractivity contribution in [3.05, 3.63) is 12.2 Å². The summed E-state index contributed by atoms with van der Waals surface area (Å²) in [7, 11) is 0. The summed E-state index contributed by atoms with van der Waals surface area (Å²) in [5, 5.41) is 7.44. The van der Waals surface area contributed by atoms with Gasteiger partial charge in [-0.3, -0.25) is 0 Å². The first-order valence-corrected chi connectivity index (χ1v) is 6.17. The normalized spacial score (nSPS) is 24.5. The summed E-state index contributed by atoms with van der Waals surface area (Å²) in [5.74, 6) is 0.793. The molecule has 1 aromatic rings. The van der Waals surface area contributed by atoms with E-state index in [1.807, 2.05) is 0 Å². The van der Waals surface area contributed by atoms with E-state index in [0.717, 1.165) is 18.8 Å². The van der Waals surface area contributed by atoms with Crippen molar-refractivity contribution in [1.82, 2.24) is 15.5 Å². The maximum absolute atomic E-state index is 4.71. The zero-order valence-corrected chi connectivity index (χ0v) is 10.2. The third kappa shape index (κ3) is 2.82. The highest BCUT2D eigenvalue weighted by Crippen LogP contribution is 2.35. The van der Waals surface area contributed by atoms with Crippen LogP contribution in [0.15, 0.2) is 10.9 Å². The molecule has 16 heavy (non-hydrogen) atoms. The molecule has 0 bridgehead atoms. The summed E-state index contributed by atoms with van der Waals surface area (Å²) < 4.78 is 4.71. The van der Waals surface area contributed by atoms with Crippen LogP contribution in [0.5, 0.6) is 0 Å². The Hall–Kier alpha value is -0.900. The van der Waals surface area contributed by atoms with Crippen LogP contribution in [0.3, 0.4) is 0 Å². The average Bonchev–Trinajstić information content (AvgIpc) is 2.73. The van der Waals surface area contributed by atoms with Gasteiger partial charge in [-0.05, 0) is 18.3 Å². The van der Waals surface area contributed by atoms with Gasteiger partial charge in [-0.25, -0.2) is 0 Å². The highest BCUT2D eigenvalue weighted by atomic mass is 16.5. The number of rotatable bonds is 4. The molecule has 0 spiro atoms. The fourth-order valence-electron chi connectivity index (χ4n) is 2.53. The molecule has 1 aromatic heterocycles. The molecular formula is C12H21N3O. The quantitative estimate of drug-likeness (QED) is 0.850. The van der Waals surface area contributed by atoms with Crippen molar-refractivity contribution in [2.45, 2.75) is 52.0 Å². The molecule has 1 unspecified atom stereocenters. The van der Waals surface area contributed by atoms with Crippen molar-refractivity contribution in [2.24, 2.45) is 5.41 Å². The van der Waals surface area contributed by atoms with E-state index < -0.39 is 0 Å². The van der Waals surface area contributed by atoms with Crippen LogP contribution in [0.4, 0.5) is 0 Å². The highest BCUT2D eigenvalue weighted by Gasteiger charge is 2.31. The van der Waals surface area contributed by atoms with Gasteiger partial charge in [0, 0.05) is 19.0 Å². The molecule has 0 amide bonds. The van der Waals surface area contributed by atoms with Crippen molar-refractivity contribution < 1.29 is 4.52 Å². The van der Waals surface area contributed by atoms with Gasteiger partial charge < -0.3 is 9.84 Å². The van der Waals surface area contributed by atoms with Crippen molar-refractivity contribution in [1.29, 1.82) is 0 Å². The van der Waals surface area contributed by atoms with Crippen LogP contribution in [0.25, 0.3) is 0 Å². The maximum atomic E-state index is 4.71. The van der Waals surface area contributed by atoms with Crippen molar-refractivity contribution in [3.63, 3.8) is 0 Å². The first-order valence-electron chi connectivity index (χ1n) is 6.17. The Morgan fingerprint density at radius 1 is 1.50 bits per heavy atom. The fraction of sp³-hybridized carbons (Fsp3) is 0.833. The molecule has 1 N–H and O–H groups in total. The van der Waals surface area contributed by atoms with Gasteiger partial charge in [0.25, 0.3) is 0 Å². The minimum atomic E-state index is 0.426. The first-order chi connectivity index (χ1) is 7.68. The summed E-state index contributed by atoms with van der Waals surface area (Å²) >= 11 is 0. The predicted molar refractivity (Wildman–Crippen MR) is 62.0 cm³/mol. The molecule has 2 rings (SSSR count). The number of nitrogens with one attached hydrogen (secondary N) is 1. The fourth-order valence-corrected chi connectivity index (χ4v) is 2.53. The van der Waals surface area contributed by atoms with Gasteiger partial charge in [0.1, 0.15) is 0 Å². The SMILES string of the molecule is CC1(C)CCCCC1NCCc1ncon1. The third-order valence-corrected chi connectivity index (χ3v) is 3.65. The molecule has 1 saturated carbocycles. The van der Waals surface area contributed by atoms with Crippen LogP contribution in [0.1, 0.15) is 45.4 Å². The monoisotopic (exact) mass is 223 g/mol. The van der Waals surface area contributed by atoms with Gasteiger partial charge in [0.05, 0.1) is 0 Å². The molecule has 0 aromatic carbocycles. The molecular weight excluding hydrogens is 202 g/mol. The van der Waals surface area contributed by atoms with E-state index in [4.69, 9.17) is 4.52 Å². The summed E-state index contributed by atoms with van der Waals surface area (Å²) in [6.45, 7) is 5.66. The van der Waals surface area contributed by atoms with E-state index in [1.165, 1.54) is 32.1 Å². The molecule has 4 heteroatoms. The summed E-state index contributed by atoms with van der Waals surface area (Å²) in [6.07, 6.45) is 7.58. The molecule has 1 aliphatic carbocycles. The molecule has 0 aliphatic heterocycles. The molecule has 1 fully saturated rings. The van der Waals surface area contributed by atoms with Gasteiger partial charge >= 0.3 is 0 Å². The van der Waals surface area contributed by atoms with Gasteiger partial charge in [0.2, 0.25) is 6.39 Å². The summed E-state index contributed by atoms with van der Waals surface area (Å²) in [6, 6.07) is 0.633. The van der Waals surface area contributed by atoms with Crippen molar-refractivity contribution in [3.8, 4) is 0 Å². The predicted octanol–water partition coefficient (Wildman–Crippen LogP) is 2.17. The Labute approximate surface area is 96.8 Å². The summed E-state index contributed by atoms with van der Waals surface area (Å²) in [4.78, 5) is 4.02. The lowest BCUT2D eigenvalue weighted by atomic mass is 9.73. The minimum absolute atomic E-state index is 0.426. The van der Waals surface area contributed by atoms with Gasteiger partial charge in [-0.15, -0.1) is 0 Å². The smallest absolute Gasteiger partial charge is 0.213 e. The molecule has 0 saturated heterocycles. The van der Waals surface area contributed by atoms with Gasteiger partial charge in [-0.2, -0.15) is 4.98 Å². The molecule has 1 aliphatic rings. The Morgan fingerprint density at radius 2 is 2.38 bits per heavy atom. The highest BCUT2D eigenvalue weighted by molar-refractivity contribution is 4.89. The second-order valence-electron chi connectivity index (χ2n) is 5.34. The Morgan fingerprint density at radius 3 is 3.06 bits per heavy atom. The zero-order valence-electron chi connectivity index (χ0n) is 10.2. The molecule has 1 heterocycles. The van der Waals surface area contributed by atoms with E-state index in [9.17, 15) is 0 Å². The van der Waals surface area contributed by atoms with E-state index in [-0.39, 0.29) is 0 Å². The first kappa shape index (κ1) is 11.6. The minimum Gasteiger partial charge on any atom is -0.343 e. The second kappa shape index (κ2) is 4.95. The van der Waals surface area contributed by atoms with Gasteiger partial charge in [-0.1, -0.05) is 31.8 Å². The lowest BCUT2D eigenvalue weighted by Gasteiger charge is -2.39.